The lowest BCUT2D eigenvalue weighted by atomic mass is 10.0. The standard InChI is InChI=1S/C19H38N4/c1-14(2)21-18-6-10-23(11-7-18)19-13-16(19)12-15(3)22-17-4-8-20-9-5-17/h14-22H,4-13H2,1-3H3. The molecule has 0 aromatic carbocycles. The van der Waals surface area contributed by atoms with Crippen LogP contribution in [0.2, 0.25) is 0 Å². The zero-order valence-corrected chi connectivity index (χ0v) is 15.5. The molecule has 23 heavy (non-hydrogen) atoms. The molecule has 2 heterocycles. The Bertz CT molecular complexity index is 345. The van der Waals surface area contributed by atoms with Crippen molar-refractivity contribution in [2.45, 2.75) is 89.5 Å². The molecule has 2 saturated heterocycles. The Hall–Kier alpha value is -0.160. The molecule has 4 nitrogen and oxygen atoms in total. The number of rotatable bonds is 7. The first-order chi connectivity index (χ1) is 11.1. The molecular weight excluding hydrogens is 284 g/mol. The molecule has 0 aromatic heterocycles. The Morgan fingerprint density at radius 3 is 2.26 bits per heavy atom. The van der Waals surface area contributed by atoms with E-state index in [1.807, 2.05) is 0 Å². The minimum Gasteiger partial charge on any atom is -0.317 e. The fraction of sp³-hybridized carbons (Fsp3) is 1.00. The highest BCUT2D eigenvalue weighted by Gasteiger charge is 2.43. The predicted octanol–water partition coefficient (Wildman–Crippen LogP) is 1.96. The molecule has 0 bridgehead atoms. The fourth-order valence-corrected chi connectivity index (χ4v) is 4.71. The van der Waals surface area contributed by atoms with Crippen LogP contribution >= 0.6 is 0 Å². The smallest absolute Gasteiger partial charge is 0.0128 e. The van der Waals surface area contributed by atoms with Crippen LogP contribution in [0.5, 0.6) is 0 Å². The summed E-state index contributed by atoms with van der Waals surface area (Å²) >= 11 is 0. The molecule has 3 N–H and O–H groups in total. The summed E-state index contributed by atoms with van der Waals surface area (Å²) in [7, 11) is 0. The quantitative estimate of drug-likeness (QED) is 0.670. The summed E-state index contributed by atoms with van der Waals surface area (Å²) in [6.07, 6.45) is 8.09. The molecule has 134 valence electrons. The molecule has 0 amide bonds. The molecule has 1 aliphatic carbocycles. The average Bonchev–Trinajstić information content (AvgIpc) is 3.27. The number of hydrogen-bond acceptors (Lipinski definition) is 4. The third-order valence-electron chi connectivity index (χ3n) is 5.97. The Kier molecular flexibility index (Phi) is 6.36. The van der Waals surface area contributed by atoms with E-state index in [-0.39, 0.29) is 0 Å². The topological polar surface area (TPSA) is 39.3 Å². The lowest BCUT2D eigenvalue weighted by Crippen LogP contribution is -2.46. The summed E-state index contributed by atoms with van der Waals surface area (Å²) in [6, 6.07) is 3.72. The molecule has 0 spiro atoms. The molecule has 3 unspecified atom stereocenters. The maximum atomic E-state index is 3.87. The average molecular weight is 323 g/mol. The van der Waals surface area contributed by atoms with E-state index in [4.69, 9.17) is 0 Å². The maximum Gasteiger partial charge on any atom is 0.0128 e. The third kappa shape index (κ3) is 5.42. The van der Waals surface area contributed by atoms with E-state index in [0.717, 1.165) is 24.0 Å². The highest BCUT2D eigenvalue weighted by molar-refractivity contribution is 4.98. The van der Waals surface area contributed by atoms with Crippen LogP contribution in [-0.2, 0) is 0 Å². The summed E-state index contributed by atoms with van der Waals surface area (Å²) in [5, 5.41) is 11.0. The van der Waals surface area contributed by atoms with Gasteiger partial charge in [0.1, 0.15) is 0 Å². The van der Waals surface area contributed by atoms with Gasteiger partial charge >= 0.3 is 0 Å². The van der Waals surface area contributed by atoms with Gasteiger partial charge in [0.25, 0.3) is 0 Å². The van der Waals surface area contributed by atoms with Crippen molar-refractivity contribution in [3.05, 3.63) is 0 Å². The number of nitrogens with one attached hydrogen (secondary N) is 3. The van der Waals surface area contributed by atoms with Gasteiger partial charge in [-0.2, -0.15) is 0 Å². The van der Waals surface area contributed by atoms with Gasteiger partial charge in [0.15, 0.2) is 0 Å². The van der Waals surface area contributed by atoms with E-state index in [9.17, 15) is 0 Å². The van der Waals surface area contributed by atoms with E-state index in [0.29, 0.717) is 12.1 Å². The number of hydrogen-bond donors (Lipinski definition) is 3. The van der Waals surface area contributed by atoms with Crippen molar-refractivity contribution >= 4 is 0 Å². The van der Waals surface area contributed by atoms with Crippen molar-refractivity contribution in [1.82, 2.24) is 20.9 Å². The fourth-order valence-electron chi connectivity index (χ4n) is 4.71. The summed E-state index contributed by atoms with van der Waals surface area (Å²) in [5.74, 6) is 0.953. The van der Waals surface area contributed by atoms with E-state index in [1.165, 1.54) is 64.7 Å². The lowest BCUT2D eigenvalue weighted by molar-refractivity contribution is 0.175. The second kappa shape index (κ2) is 8.28. The van der Waals surface area contributed by atoms with Crippen LogP contribution in [0.3, 0.4) is 0 Å². The molecule has 2 aliphatic heterocycles. The monoisotopic (exact) mass is 322 g/mol. The Morgan fingerprint density at radius 2 is 1.61 bits per heavy atom. The largest absolute Gasteiger partial charge is 0.317 e. The van der Waals surface area contributed by atoms with Crippen LogP contribution in [-0.4, -0.2) is 61.3 Å². The summed E-state index contributed by atoms with van der Waals surface area (Å²) in [4.78, 5) is 2.78. The normalized spacial score (nSPS) is 32.3. The zero-order chi connectivity index (χ0) is 16.2. The molecule has 0 radical (unpaired) electrons. The molecular formula is C19H38N4. The van der Waals surface area contributed by atoms with Crippen molar-refractivity contribution in [2.75, 3.05) is 26.2 Å². The van der Waals surface area contributed by atoms with Gasteiger partial charge in [-0.25, -0.2) is 0 Å². The number of likely N-dealkylation sites (tertiary alicyclic amines) is 1. The summed E-state index contributed by atoms with van der Waals surface area (Å²) in [6.45, 7) is 11.9. The Labute approximate surface area is 143 Å². The van der Waals surface area contributed by atoms with Gasteiger partial charge < -0.3 is 16.0 Å². The minimum absolute atomic E-state index is 0.627. The Morgan fingerprint density at radius 1 is 0.957 bits per heavy atom. The minimum atomic E-state index is 0.627. The highest BCUT2D eigenvalue weighted by atomic mass is 15.2. The first kappa shape index (κ1) is 17.7. The van der Waals surface area contributed by atoms with Crippen LogP contribution < -0.4 is 16.0 Å². The SMILES string of the molecule is CC(C)NC1CCN(C2CC2CC(C)NC2CCNCC2)CC1. The van der Waals surface area contributed by atoms with Crippen molar-refractivity contribution in [3.8, 4) is 0 Å². The summed E-state index contributed by atoms with van der Waals surface area (Å²) in [5.41, 5.74) is 0. The molecule has 1 saturated carbocycles. The summed E-state index contributed by atoms with van der Waals surface area (Å²) < 4.78 is 0. The van der Waals surface area contributed by atoms with Crippen molar-refractivity contribution in [1.29, 1.82) is 0 Å². The molecule has 4 heteroatoms. The second-order valence-electron chi connectivity index (χ2n) is 8.52. The lowest BCUT2D eigenvalue weighted by Gasteiger charge is -2.34. The van der Waals surface area contributed by atoms with Gasteiger partial charge in [-0.1, -0.05) is 13.8 Å². The van der Waals surface area contributed by atoms with E-state index in [1.54, 1.807) is 0 Å². The molecule has 3 aliphatic rings. The van der Waals surface area contributed by atoms with Gasteiger partial charge in [-0.05, 0) is 77.5 Å². The van der Waals surface area contributed by atoms with Gasteiger partial charge in [-0.15, -0.1) is 0 Å². The highest BCUT2D eigenvalue weighted by Crippen LogP contribution is 2.40. The first-order valence-electron chi connectivity index (χ1n) is 10.1. The molecule has 0 aromatic rings. The molecule has 3 fully saturated rings. The van der Waals surface area contributed by atoms with Crippen molar-refractivity contribution < 1.29 is 0 Å². The van der Waals surface area contributed by atoms with Crippen molar-refractivity contribution in [2.24, 2.45) is 5.92 Å². The van der Waals surface area contributed by atoms with E-state index in [2.05, 4.69) is 41.6 Å². The van der Waals surface area contributed by atoms with Crippen LogP contribution in [0.25, 0.3) is 0 Å². The van der Waals surface area contributed by atoms with Crippen molar-refractivity contribution in [3.63, 3.8) is 0 Å². The zero-order valence-electron chi connectivity index (χ0n) is 15.5. The number of piperidine rings is 2. The third-order valence-corrected chi connectivity index (χ3v) is 5.97. The second-order valence-corrected chi connectivity index (χ2v) is 8.52. The van der Waals surface area contributed by atoms with E-state index < -0.39 is 0 Å². The van der Waals surface area contributed by atoms with Crippen LogP contribution in [0, 0.1) is 5.92 Å². The van der Waals surface area contributed by atoms with Gasteiger partial charge in [0.2, 0.25) is 0 Å². The maximum absolute atomic E-state index is 3.87. The van der Waals surface area contributed by atoms with Crippen LogP contribution in [0.15, 0.2) is 0 Å². The van der Waals surface area contributed by atoms with E-state index >= 15 is 0 Å². The number of nitrogens with zero attached hydrogens (tertiary/aromatic N) is 1. The Balaban J connectivity index is 1.32. The predicted molar refractivity (Wildman–Crippen MR) is 97.9 cm³/mol. The van der Waals surface area contributed by atoms with Gasteiger partial charge in [0, 0.05) is 30.2 Å². The first-order valence-corrected chi connectivity index (χ1v) is 10.1. The van der Waals surface area contributed by atoms with Gasteiger partial charge in [-0.3, -0.25) is 4.90 Å². The van der Waals surface area contributed by atoms with Gasteiger partial charge in [0.05, 0.1) is 0 Å². The molecule has 3 atom stereocenters. The molecule has 3 rings (SSSR count). The van der Waals surface area contributed by atoms with Crippen LogP contribution in [0.4, 0.5) is 0 Å². The van der Waals surface area contributed by atoms with Crippen LogP contribution in [0.1, 0.15) is 59.3 Å².